The maximum atomic E-state index is 12.7. The van der Waals surface area contributed by atoms with Crippen LogP contribution < -0.4 is 15.3 Å². The molecule has 0 radical (unpaired) electrons. The lowest BCUT2D eigenvalue weighted by molar-refractivity contribution is -0.117. The molecule has 2 aliphatic heterocycles. The lowest BCUT2D eigenvalue weighted by atomic mass is 10.1. The van der Waals surface area contributed by atoms with Gasteiger partial charge in [0.05, 0.1) is 28.9 Å². The molecule has 6 nitrogen and oxygen atoms in total. The fraction of sp³-hybridized carbons (Fsp3) is 0.200. The predicted molar refractivity (Wildman–Crippen MR) is 110 cm³/mol. The number of amides is 2. The number of hydrogen-bond acceptors (Lipinski definition) is 4. The van der Waals surface area contributed by atoms with E-state index in [1.165, 1.54) is 11.1 Å². The van der Waals surface area contributed by atoms with Crippen LogP contribution in [0.2, 0.25) is 10.0 Å². The zero-order valence-electron chi connectivity index (χ0n) is 14.8. The Balaban J connectivity index is 1.54. The van der Waals surface area contributed by atoms with Crippen LogP contribution in [-0.2, 0) is 14.3 Å². The number of carbonyl (C=O) groups excluding carboxylic acids is 2. The lowest BCUT2D eigenvalue weighted by Crippen LogP contribution is -2.36. The van der Waals surface area contributed by atoms with Crippen molar-refractivity contribution < 1.29 is 14.3 Å². The van der Waals surface area contributed by atoms with Crippen LogP contribution in [0, 0.1) is 0 Å². The molecule has 8 heteroatoms. The number of anilines is 2. The minimum Gasteiger partial charge on any atom is -0.378 e. The second-order valence-corrected chi connectivity index (χ2v) is 7.24. The van der Waals surface area contributed by atoms with E-state index in [1.54, 1.807) is 18.2 Å². The van der Waals surface area contributed by atoms with Crippen LogP contribution in [0.3, 0.4) is 0 Å². The molecule has 0 aromatic heterocycles. The van der Waals surface area contributed by atoms with Gasteiger partial charge in [0, 0.05) is 18.8 Å². The van der Waals surface area contributed by atoms with Gasteiger partial charge < -0.3 is 9.64 Å². The number of carbonyl (C=O) groups is 2. The first-order chi connectivity index (χ1) is 13.5. The molecular formula is C20H17Cl2N3O3. The molecule has 2 amide bonds. The van der Waals surface area contributed by atoms with Crippen molar-refractivity contribution in [1.82, 2.24) is 5.43 Å². The molecule has 4 rings (SSSR count). The van der Waals surface area contributed by atoms with E-state index < -0.39 is 11.8 Å². The highest BCUT2D eigenvalue weighted by molar-refractivity contribution is 6.42. The number of halogens is 2. The standard InChI is InChI=1S/C20H17Cl2N3O3/c21-17-6-5-15(12-18(17)22)25-20(27)16(19(26)23-25)11-13-1-3-14(4-2-13)24-7-9-28-10-8-24/h1-6,11-12H,7-10H2,(H,23,26)/b16-11-. The van der Waals surface area contributed by atoms with Gasteiger partial charge in [-0.05, 0) is 42.0 Å². The third-order valence-corrected chi connectivity index (χ3v) is 5.37. The number of rotatable bonds is 3. The molecule has 2 aromatic carbocycles. The normalized spacial score (nSPS) is 18.7. The number of hydrazine groups is 1. The van der Waals surface area contributed by atoms with E-state index >= 15 is 0 Å². The molecule has 0 spiro atoms. The van der Waals surface area contributed by atoms with E-state index in [1.807, 2.05) is 24.3 Å². The van der Waals surface area contributed by atoms with Gasteiger partial charge in [-0.2, -0.15) is 0 Å². The summed E-state index contributed by atoms with van der Waals surface area (Å²) in [5.74, 6) is -0.908. The van der Waals surface area contributed by atoms with Crippen molar-refractivity contribution >= 4 is 52.5 Å². The largest absolute Gasteiger partial charge is 0.378 e. The molecule has 2 fully saturated rings. The van der Waals surface area contributed by atoms with Crippen molar-refractivity contribution in [2.45, 2.75) is 0 Å². The molecule has 2 aliphatic rings. The molecule has 144 valence electrons. The average molecular weight is 418 g/mol. The third-order valence-electron chi connectivity index (χ3n) is 4.63. The smallest absolute Gasteiger partial charge is 0.282 e. The summed E-state index contributed by atoms with van der Waals surface area (Å²) in [6.07, 6.45) is 1.58. The van der Waals surface area contributed by atoms with Crippen LogP contribution in [0.25, 0.3) is 6.08 Å². The van der Waals surface area contributed by atoms with Crippen LogP contribution in [0.5, 0.6) is 0 Å². The van der Waals surface area contributed by atoms with Gasteiger partial charge in [-0.25, -0.2) is 5.01 Å². The minimum absolute atomic E-state index is 0.0604. The van der Waals surface area contributed by atoms with E-state index in [2.05, 4.69) is 10.3 Å². The fourth-order valence-electron chi connectivity index (χ4n) is 3.13. The van der Waals surface area contributed by atoms with Crippen molar-refractivity contribution in [3.63, 3.8) is 0 Å². The quantitative estimate of drug-likeness (QED) is 0.614. The average Bonchev–Trinajstić information content (AvgIpc) is 2.99. The number of nitrogens with one attached hydrogen (secondary N) is 1. The number of morpholine rings is 1. The Bertz CT molecular complexity index is 954. The van der Waals surface area contributed by atoms with E-state index in [9.17, 15) is 9.59 Å². The molecule has 0 saturated carbocycles. The van der Waals surface area contributed by atoms with Gasteiger partial charge in [0.15, 0.2) is 0 Å². The Morgan fingerprint density at radius 1 is 0.929 bits per heavy atom. The van der Waals surface area contributed by atoms with E-state index in [0.29, 0.717) is 28.9 Å². The van der Waals surface area contributed by atoms with E-state index in [4.69, 9.17) is 27.9 Å². The van der Waals surface area contributed by atoms with Crippen molar-refractivity contribution in [2.75, 3.05) is 36.2 Å². The summed E-state index contributed by atoms with van der Waals surface area (Å²) in [5.41, 5.74) is 4.91. The zero-order valence-corrected chi connectivity index (χ0v) is 16.3. The number of benzene rings is 2. The molecule has 2 aromatic rings. The summed E-state index contributed by atoms with van der Waals surface area (Å²) in [7, 11) is 0. The molecule has 2 heterocycles. The predicted octanol–water partition coefficient (Wildman–Crippen LogP) is 3.29. The van der Waals surface area contributed by atoms with Gasteiger partial charge in [-0.3, -0.25) is 15.0 Å². The Hall–Kier alpha value is -2.54. The van der Waals surface area contributed by atoms with Gasteiger partial charge >= 0.3 is 0 Å². The van der Waals surface area contributed by atoms with Crippen molar-refractivity contribution in [3.05, 3.63) is 63.6 Å². The number of hydrogen-bond donors (Lipinski definition) is 1. The highest BCUT2D eigenvalue weighted by atomic mass is 35.5. The highest BCUT2D eigenvalue weighted by Gasteiger charge is 2.34. The molecule has 0 atom stereocenters. The highest BCUT2D eigenvalue weighted by Crippen LogP contribution is 2.29. The van der Waals surface area contributed by atoms with Crippen LogP contribution in [0.4, 0.5) is 11.4 Å². The maximum absolute atomic E-state index is 12.7. The van der Waals surface area contributed by atoms with Gasteiger partial charge in [0.1, 0.15) is 5.57 Å². The van der Waals surface area contributed by atoms with Crippen LogP contribution in [0.1, 0.15) is 5.56 Å². The molecule has 0 bridgehead atoms. The molecule has 2 saturated heterocycles. The zero-order chi connectivity index (χ0) is 19.7. The Morgan fingerprint density at radius 3 is 2.29 bits per heavy atom. The van der Waals surface area contributed by atoms with Gasteiger partial charge in [-0.1, -0.05) is 35.3 Å². The summed E-state index contributed by atoms with van der Waals surface area (Å²) in [5, 5.41) is 1.84. The van der Waals surface area contributed by atoms with Gasteiger partial charge in [0.2, 0.25) is 0 Å². The van der Waals surface area contributed by atoms with Crippen molar-refractivity contribution in [1.29, 1.82) is 0 Å². The van der Waals surface area contributed by atoms with Crippen LogP contribution >= 0.6 is 23.2 Å². The number of nitrogens with zero attached hydrogens (tertiary/aromatic N) is 2. The van der Waals surface area contributed by atoms with Crippen LogP contribution in [-0.4, -0.2) is 38.1 Å². The first-order valence-electron chi connectivity index (χ1n) is 8.78. The second kappa shape index (κ2) is 7.83. The number of ether oxygens (including phenoxy) is 1. The Kier molecular flexibility index (Phi) is 5.26. The second-order valence-electron chi connectivity index (χ2n) is 6.43. The van der Waals surface area contributed by atoms with E-state index in [-0.39, 0.29) is 5.57 Å². The SMILES string of the molecule is O=C1NN(c2ccc(Cl)c(Cl)c2)C(=O)/C1=C\c1ccc(N2CCOCC2)cc1. The maximum Gasteiger partial charge on any atom is 0.282 e. The summed E-state index contributed by atoms with van der Waals surface area (Å²) >= 11 is 11.9. The van der Waals surface area contributed by atoms with Gasteiger partial charge in [-0.15, -0.1) is 0 Å². The van der Waals surface area contributed by atoms with Crippen LogP contribution in [0.15, 0.2) is 48.0 Å². The summed E-state index contributed by atoms with van der Waals surface area (Å²) in [6.45, 7) is 3.12. The van der Waals surface area contributed by atoms with Gasteiger partial charge in [0.25, 0.3) is 11.8 Å². The Morgan fingerprint density at radius 2 is 1.61 bits per heavy atom. The lowest BCUT2D eigenvalue weighted by Gasteiger charge is -2.28. The van der Waals surface area contributed by atoms with Crippen molar-refractivity contribution in [3.8, 4) is 0 Å². The fourth-order valence-corrected chi connectivity index (χ4v) is 3.43. The Labute approximate surface area is 172 Å². The molecular weight excluding hydrogens is 401 g/mol. The summed E-state index contributed by atoms with van der Waals surface area (Å²) in [4.78, 5) is 27.3. The molecule has 1 N–H and O–H groups in total. The van der Waals surface area contributed by atoms with E-state index in [0.717, 1.165) is 24.3 Å². The summed E-state index contributed by atoms with van der Waals surface area (Å²) in [6, 6.07) is 12.5. The first-order valence-corrected chi connectivity index (χ1v) is 9.53. The monoisotopic (exact) mass is 417 g/mol. The van der Waals surface area contributed by atoms with Crippen molar-refractivity contribution in [2.24, 2.45) is 0 Å². The molecule has 0 unspecified atom stereocenters. The third kappa shape index (κ3) is 3.71. The first kappa shape index (κ1) is 18.8. The molecule has 28 heavy (non-hydrogen) atoms. The topological polar surface area (TPSA) is 61.9 Å². The minimum atomic E-state index is -0.465. The molecule has 0 aliphatic carbocycles. The summed E-state index contributed by atoms with van der Waals surface area (Å²) < 4.78 is 5.36.